The zero-order valence-corrected chi connectivity index (χ0v) is 23.4. The number of rotatable bonds is 5. The van der Waals surface area contributed by atoms with Crippen LogP contribution in [0.4, 0.5) is 0 Å². The van der Waals surface area contributed by atoms with Crippen LogP contribution in [0.15, 0.2) is 164 Å². The number of fused-ring (bicyclic) bond motifs is 3. The number of benzene rings is 6. The Bertz CT molecular complexity index is 2110. The lowest BCUT2D eigenvalue weighted by atomic mass is 9.98. The van der Waals surface area contributed by atoms with Crippen LogP contribution >= 0.6 is 0 Å². The first-order chi connectivity index (χ1) is 21.3. The fourth-order valence-electron chi connectivity index (χ4n) is 5.99. The van der Waals surface area contributed by atoms with Crippen LogP contribution in [0.1, 0.15) is 0 Å². The van der Waals surface area contributed by atoms with E-state index in [0.717, 1.165) is 44.9 Å². The topological polar surface area (TPSA) is 30.7 Å². The van der Waals surface area contributed by atoms with Crippen molar-refractivity contribution < 1.29 is 0 Å². The van der Waals surface area contributed by atoms with Crippen LogP contribution in [0.25, 0.3) is 72.5 Å². The Morgan fingerprint density at radius 2 is 0.860 bits per heavy atom. The third kappa shape index (κ3) is 4.48. The minimum Gasteiger partial charge on any atom is -0.309 e. The van der Waals surface area contributed by atoms with Crippen molar-refractivity contribution in [2.45, 2.75) is 0 Å². The van der Waals surface area contributed by atoms with E-state index in [1.165, 1.54) is 21.8 Å². The molecular formula is C40H27N3. The molecule has 2 heterocycles. The Kier molecular flexibility index (Phi) is 6.12. The van der Waals surface area contributed by atoms with Crippen molar-refractivity contribution in [3.63, 3.8) is 0 Å². The third-order valence-corrected chi connectivity index (χ3v) is 8.03. The highest BCUT2D eigenvalue weighted by molar-refractivity contribution is 6.09. The Balaban J connectivity index is 1.38. The van der Waals surface area contributed by atoms with Crippen LogP contribution in [0.5, 0.6) is 0 Å². The summed E-state index contributed by atoms with van der Waals surface area (Å²) in [5.74, 6) is 0.713. The highest BCUT2D eigenvalue weighted by Gasteiger charge is 2.17. The van der Waals surface area contributed by atoms with E-state index >= 15 is 0 Å². The van der Waals surface area contributed by atoms with Gasteiger partial charge in [0.2, 0.25) is 0 Å². The van der Waals surface area contributed by atoms with Gasteiger partial charge < -0.3 is 4.57 Å². The molecule has 43 heavy (non-hydrogen) atoms. The smallest absolute Gasteiger partial charge is 0.160 e. The molecule has 0 saturated heterocycles. The van der Waals surface area contributed by atoms with E-state index in [2.05, 4.69) is 132 Å². The molecule has 0 aliphatic heterocycles. The number of hydrogen-bond donors (Lipinski definition) is 0. The first-order valence-electron chi connectivity index (χ1n) is 14.5. The summed E-state index contributed by atoms with van der Waals surface area (Å²) < 4.78 is 2.39. The molecular weight excluding hydrogens is 522 g/mol. The monoisotopic (exact) mass is 549 g/mol. The van der Waals surface area contributed by atoms with E-state index in [1.807, 2.05) is 36.4 Å². The van der Waals surface area contributed by atoms with E-state index in [-0.39, 0.29) is 0 Å². The maximum Gasteiger partial charge on any atom is 0.160 e. The molecule has 0 aliphatic rings. The van der Waals surface area contributed by atoms with Crippen LogP contribution in [-0.2, 0) is 0 Å². The number of para-hydroxylation sites is 2. The molecule has 0 atom stereocenters. The minimum absolute atomic E-state index is 0.713. The lowest BCUT2D eigenvalue weighted by Gasteiger charge is -2.16. The summed E-state index contributed by atoms with van der Waals surface area (Å²) in [5.41, 5.74) is 10.7. The molecule has 3 nitrogen and oxygen atoms in total. The lowest BCUT2D eigenvalue weighted by molar-refractivity contribution is 1.17. The molecule has 0 N–H and O–H groups in total. The molecule has 2 aromatic heterocycles. The lowest BCUT2D eigenvalue weighted by Crippen LogP contribution is -1.99. The summed E-state index contributed by atoms with van der Waals surface area (Å²) >= 11 is 0. The van der Waals surface area contributed by atoms with Gasteiger partial charge in [0.05, 0.1) is 28.1 Å². The van der Waals surface area contributed by atoms with Crippen molar-refractivity contribution in [3.8, 4) is 50.7 Å². The van der Waals surface area contributed by atoms with Crippen molar-refractivity contribution >= 4 is 21.8 Å². The molecule has 0 aliphatic carbocycles. The molecule has 0 bridgehead atoms. The van der Waals surface area contributed by atoms with Crippen LogP contribution in [-0.4, -0.2) is 14.5 Å². The minimum atomic E-state index is 0.713. The van der Waals surface area contributed by atoms with Crippen LogP contribution in [0.3, 0.4) is 0 Å². The molecule has 0 spiro atoms. The summed E-state index contributed by atoms with van der Waals surface area (Å²) in [7, 11) is 0. The molecule has 0 saturated carbocycles. The molecule has 8 rings (SSSR count). The fraction of sp³-hybridized carbons (Fsp3) is 0. The van der Waals surface area contributed by atoms with Crippen LogP contribution in [0.2, 0.25) is 0 Å². The number of nitrogens with zero attached hydrogens (tertiary/aromatic N) is 3. The van der Waals surface area contributed by atoms with Gasteiger partial charge in [-0.1, -0.05) is 133 Å². The molecule has 3 heteroatoms. The maximum atomic E-state index is 5.11. The molecule has 0 unspecified atom stereocenters. The quantitative estimate of drug-likeness (QED) is 0.214. The summed E-state index contributed by atoms with van der Waals surface area (Å²) in [6, 6.07) is 57.3. The average Bonchev–Trinajstić information content (AvgIpc) is 3.43. The largest absolute Gasteiger partial charge is 0.309 e. The normalized spacial score (nSPS) is 11.3. The molecule has 6 aromatic carbocycles. The highest BCUT2D eigenvalue weighted by Crippen LogP contribution is 2.38. The zero-order chi connectivity index (χ0) is 28.6. The van der Waals surface area contributed by atoms with Gasteiger partial charge in [-0.05, 0) is 35.9 Å². The SMILES string of the molecule is c1ccc(-c2cc(-c3ccc(-n4c5ccccc5c5ccccc54)c(-c4ccccc4)c3)nc(-c3ccccc3)n2)cc1. The van der Waals surface area contributed by atoms with Crippen LogP contribution < -0.4 is 0 Å². The Hall–Kier alpha value is -5.80. The van der Waals surface area contributed by atoms with Crippen molar-refractivity contribution in [2.75, 3.05) is 0 Å². The molecule has 0 amide bonds. The van der Waals surface area contributed by atoms with E-state index in [4.69, 9.17) is 9.97 Å². The molecule has 0 radical (unpaired) electrons. The molecule has 202 valence electrons. The Morgan fingerprint density at radius 1 is 0.372 bits per heavy atom. The van der Waals surface area contributed by atoms with Crippen LogP contribution in [0, 0.1) is 0 Å². The molecule has 8 aromatic rings. The van der Waals surface area contributed by atoms with Gasteiger partial charge in [-0.25, -0.2) is 9.97 Å². The summed E-state index contributed by atoms with van der Waals surface area (Å²) in [4.78, 5) is 10.1. The van der Waals surface area contributed by atoms with Gasteiger partial charge in [-0.3, -0.25) is 0 Å². The highest BCUT2D eigenvalue weighted by atomic mass is 15.0. The van der Waals surface area contributed by atoms with Crippen molar-refractivity contribution in [3.05, 3.63) is 164 Å². The van der Waals surface area contributed by atoms with Gasteiger partial charge in [-0.15, -0.1) is 0 Å². The van der Waals surface area contributed by atoms with E-state index in [1.54, 1.807) is 0 Å². The number of aromatic nitrogens is 3. The van der Waals surface area contributed by atoms with E-state index in [0.29, 0.717) is 5.82 Å². The fourth-order valence-corrected chi connectivity index (χ4v) is 5.99. The second kappa shape index (κ2) is 10.6. The van der Waals surface area contributed by atoms with Crippen molar-refractivity contribution in [2.24, 2.45) is 0 Å². The second-order valence-corrected chi connectivity index (χ2v) is 10.7. The van der Waals surface area contributed by atoms with Gasteiger partial charge in [0.1, 0.15) is 0 Å². The van der Waals surface area contributed by atoms with Crippen molar-refractivity contribution in [1.82, 2.24) is 14.5 Å². The van der Waals surface area contributed by atoms with Gasteiger partial charge >= 0.3 is 0 Å². The zero-order valence-electron chi connectivity index (χ0n) is 23.4. The summed E-state index contributed by atoms with van der Waals surface area (Å²) in [6.07, 6.45) is 0. The van der Waals surface area contributed by atoms with Gasteiger partial charge in [-0.2, -0.15) is 0 Å². The van der Waals surface area contributed by atoms with E-state index in [9.17, 15) is 0 Å². The first kappa shape index (κ1) is 25.0. The van der Waals surface area contributed by atoms with Gasteiger partial charge in [0.25, 0.3) is 0 Å². The Labute approximate surface area is 250 Å². The maximum absolute atomic E-state index is 5.11. The van der Waals surface area contributed by atoms with Gasteiger partial charge in [0.15, 0.2) is 5.82 Å². The number of hydrogen-bond acceptors (Lipinski definition) is 2. The van der Waals surface area contributed by atoms with Crippen molar-refractivity contribution in [1.29, 1.82) is 0 Å². The first-order valence-corrected chi connectivity index (χ1v) is 14.5. The van der Waals surface area contributed by atoms with E-state index < -0.39 is 0 Å². The second-order valence-electron chi connectivity index (χ2n) is 10.7. The predicted molar refractivity (Wildman–Crippen MR) is 178 cm³/mol. The summed E-state index contributed by atoms with van der Waals surface area (Å²) in [6.45, 7) is 0. The van der Waals surface area contributed by atoms with Gasteiger partial charge in [0, 0.05) is 33.0 Å². The third-order valence-electron chi connectivity index (χ3n) is 8.03. The average molecular weight is 550 g/mol. The summed E-state index contributed by atoms with van der Waals surface area (Å²) in [5, 5.41) is 2.49. The molecule has 0 fully saturated rings. The Morgan fingerprint density at radius 3 is 1.47 bits per heavy atom. The predicted octanol–water partition coefficient (Wildman–Crippen LogP) is 10.2. The standard InChI is InChI=1S/C40H27N3/c1-4-14-28(15-5-1)34-26-31(24-25-39(34)43-37-22-12-10-20-32(37)33-21-11-13-23-38(33)43)36-27-35(29-16-6-2-7-17-29)41-40(42-36)30-18-8-3-9-19-30/h1-27H.